The van der Waals surface area contributed by atoms with Gasteiger partial charge in [-0.05, 0) is 42.5 Å². The monoisotopic (exact) mass is 425 g/mol. The van der Waals surface area contributed by atoms with Crippen LogP contribution in [0.25, 0.3) is 0 Å². The molecule has 152 valence electrons. The summed E-state index contributed by atoms with van der Waals surface area (Å²) in [6.45, 7) is 0. The molecule has 0 aromatic heterocycles. The first-order valence-corrected chi connectivity index (χ1v) is 9.06. The van der Waals surface area contributed by atoms with Crippen LogP contribution in [0.3, 0.4) is 0 Å². The van der Waals surface area contributed by atoms with Crippen molar-refractivity contribution in [3.63, 3.8) is 0 Å². The van der Waals surface area contributed by atoms with Gasteiger partial charge in [0.05, 0.1) is 22.7 Å². The molecular formula is C21H16ClN3O5. The molecule has 2 amide bonds. The zero-order chi connectivity index (χ0) is 21.7. The number of benzene rings is 3. The molecular weight excluding hydrogens is 410 g/mol. The van der Waals surface area contributed by atoms with Gasteiger partial charge in [0.25, 0.3) is 11.8 Å². The van der Waals surface area contributed by atoms with E-state index in [0.29, 0.717) is 16.9 Å². The minimum atomic E-state index is -0.628. The third-order valence-corrected chi connectivity index (χ3v) is 4.46. The fraction of sp³-hybridized carbons (Fsp3) is 0.0476. The molecule has 3 aromatic carbocycles. The highest BCUT2D eigenvalue weighted by molar-refractivity contribution is 6.34. The van der Waals surface area contributed by atoms with Gasteiger partial charge in [0.2, 0.25) is 0 Å². The van der Waals surface area contributed by atoms with E-state index in [1.165, 1.54) is 25.3 Å². The van der Waals surface area contributed by atoms with Crippen LogP contribution in [0.1, 0.15) is 20.7 Å². The molecule has 0 aliphatic carbocycles. The normalized spacial score (nSPS) is 10.2. The van der Waals surface area contributed by atoms with E-state index in [1.807, 2.05) is 0 Å². The van der Waals surface area contributed by atoms with E-state index in [9.17, 15) is 19.7 Å². The number of hydrogen-bond donors (Lipinski definition) is 2. The first kappa shape index (κ1) is 20.8. The van der Waals surface area contributed by atoms with E-state index in [-0.39, 0.29) is 27.9 Å². The third-order valence-electron chi connectivity index (χ3n) is 4.15. The Kier molecular flexibility index (Phi) is 6.29. The summed E-state index contributed by atoms with van der Waals surface area (Å²) in [4.78, 5) is 35.2. The summed E-state index contributed by atoms with van der Waals surface area (Å²) >= 11 is 6.22. The number of nitrogens with one attached hydrogen (secondary N) is 2. The Bertz CT molecular complexity index is 1120. The number of carbonyl (C=O) groups is 2. The highest BCUT2D eigenvalue weighted by Crippen LogP contribution is 2.29. The van der Waals surface area contributed by atoms with Gasteiger partial charge in [0.15, 0.2) is 5.75 Å². The van der Waals surface area contributed by atoms with Crippen molar-refractivity contribution in [3.05, 3.63) is 93.0 Å². The first-order valence-electron chi connectivity index (χ1n) is 8.69. The lowest BCUT2D eigenvalue weighted by Crippen LogP contribution is -2.14. The molecule has 0 saturated heterocycles. The number of anilines is 2. The van der Waals surface area contributed by atoms with Crippen LogP contribution >= 0.6 is 11.6 Å². The van der Waals surface area contributed by atoms with E-state index in [1.54, 1.807) is 42.5 Å². The topological polar surface area (TPSA) is 111 Å². The average Bonchev–Trinajstić information content (AvgIpc) is 2.75. The number of nitro groups is 1. The minimum Gasteiger partial charge on any atom is -0.490 e. The van der Waals surface area contributed by atoms with E-state index < -0.39 is 10.8 Å². The summed E-state index contributed by atoms with van der Waals surface area (Å²) in [6, 6.07) is 17.1. The maximum Gasteiger partial charge on any atom is 0.311 e. The van der Waals surface area contributed by atoms with Crippen LogP contribution in [0.4, 0.5) is 17.1 Å². The summed E-state index contributed by atoms with van der Waals surface area (Å²) in [5.41, 5.74) is 0.985. The molecule has 0 fully saturated rings. The van der Waals surface area contributed by atoms with Crippen LogP contribution < -0.4 is 15.4 Å². The van der Waals surface area contributed by atoms with E-state index >= 15 is 0 Å². The lowest BCUT2D eigenvalue weighted by molar-refractivity contribution is -0.385. The lowest BCUT2D eigenvalue weighted by Gasteiger charge is -2.11. The number of rotatable bonds is 6. The second kappa shape index (κ2) is 9.06. The molecule has 8 nitrogen and oxygen atoms in total. The van der Waals surface area contributed by atoms with Crippen molar-refractivity contribution >= 4 is 40.5 Å². The number of methoxy groups -OCH3 is 1. The molecule has 0 spiro atoms. The molecule has 3 aromatic rings. The summed E-state index contributed by atoms with van der Waals surface area (Å²) in [5, 5.41) is 16.7. The van der Waals surface area contributed by atoms with Crippen molar-refractivity contribution in [1.82, 2.24) is 0 Å². The van der Waals surface area contributed by atoms with E-state index in [4.69, 9.17) is 16.3 Å². The zero-order valence-corrected chi connectivity index (χ0v) is 16.5. The van der Waals surface area contributed by atoms with Gasteiger partial charge in [0.1, 0.15) is 0 Å². The van der Waals surface area contributed by atoms with E-state index in [0.717, 1.165) is 6.07 Å². The Morgan fingerprint density at radius 1 is 0.933 bits per heavy atom. The summed E-state index contributed by atoms with van der Waals surface area (Å²) in [7, 11) is 1.31. The van der Waals surface area contributed by atoms with Crippen molar-refractivity contribution in [2.75, 3.05) is 17.7 Å². The number of ether oxygens (including phenoxy) is 1. The maximum absolute atomic E-state index is 12.5. The van der Waals surface area contributed by atoms with Crippen molar-refractivity contribution < 1.29 is 19.2 Å². The van der Waals surface area contributed by atoms with Gasteiger partial charge in [0, 0.05) is 22.9 Å². The van der Waals surface area contributed by atoms with Crippen LogP contribution in [0, 0.1) is 10.1 Å². The van der Waals surface area contributed by atoms with Gasteiger partial charge in [-0.2, -0.15) is 0 Å². The van der Waals surface area contributed by atoms with Crippen LogP contribution in [-0.2, 0) is 0 Å². The van der Waals surface area contributed by atoms with Gasteiger partial charge in [-0.15, -0.1) is 0 Å². The van der Waals surface area contributed by atoms with Gasteiger partial charge >= 0.3 is 5.69 Å². The Morgan fingerprint density at radius 2 is 1.63 bits per heavy atom. The summed E-state index contributed by atoms with van der Waals surface area (Å²) in [6.07, 6.45) is 0. The smallest absolute Gasteiger partial charge is 0.311 e. The quantitative estimate of drug-likeness (QED) is 0.437. The number of halogens is 1. The number of nitrogens with zero attached hydrogens (tertiary/aromatic N) is 1. The number of nitro benzene ring substituents is 1. The highest BCUT2D eigenvalue weighted by atomic mass is 35.5. The van der Waals surface area contributed by atoms with Crippen LogP contribution in [0.2, 0.25) is 5.02 Å². The molecule has 0 aliphatic heterocycles. The first-order chi connectivity index (χ1) is 14.4. The maximum atomic E-state index is 12.5. The van der Waals surface area contributed by atoms with Gasteiger partial charge in [-0.1, -0.05) is 29.8 Å². The molecule has 3 rings (SSSR count). The van der Waals surface area contributed by atoms with Gasteiger partial charge in [-0.25, -0.2) is 0 Å². The molecule has 0 radical (unpaired) electrons. The molecule has 30 heavy (non-hydrogen) atoms. The number of amides is 2. The van der Waals surface area contributed by atoms with Crippen LogP contribution in [-0.4, -0.2) is 23.8 Å². The molecule has 0 aliphatic rings. The second-order valence-corrected chi connectivity index (χ2v) is 6.52. The Labute approximate surface area is 176 Å². The highest BCUT2D eigenvalue weighted by Gasteiger charge is 2.18. The van der Waals surface area contributed by atoms with Crippen molar-refractivity contribution in [2.24, 2.45) is 0 Å². The predicted molar refractivity (Wildman–Crippen MR) is 113 cm³/mol. The second-order valence-electron chi connectivity index (χ2n) is 6.11. The summed E-state index contributed by atoms with van der Waals surface area (Å²) < 4.78 is 4.93. The molecule has 0 unspecified atom stereocenters. The Balaban J connectivity index is 1.74. The average molecular weight is 426 g/mol. The molecule has 0 saturated carbocycles. The molecule has 0 bridgehead atoms. The van der Waals surface area contributed by atoms with E-state index in [2.05, 4.69) is 10.6 Å². The largest absolute Gasteiger partial charge is 0.490 e. The van der Waals surface area contributed by atoms with Crippen LogP contribution in [0.5, 0.6) is 5.75 Å². The van der Waals surface area contributed by atoms with Crippen molar-refractivity contribution in [2.45, 2.75) is 0 Å². The molecule has 0 heterocycles. The van der Waals surface area contributed by atoms with Crippen molar-refractivity contribution in [1.29, 1.82) is 0 Å². The van der Waals surface area contributed by atoms with Crippen LogP contribution in [0.15, 0.2) is 66.7 Å². The fourth-order valence-corrected chi connectivity index (χ4v) is 2.88. The Morgan fingerprint density at radius 3 is 2.27 bits per heavy atom. The molecule has 2 N–H and O–H groups in total. The predicted octanol–water partition coefficient (Wildman–Crippen LogP) is 4.76. The SMILES string of the molecule is COc1ccc(C(=O)Nc2ccc(NC(=O)c3ccccc3)c(Cl)c2)cc1[N+](=O)[O-]. The fourth-order valence-electron chi connectivity index (χ4n) is 2.66. The lowest BCUT2D eigenvalue weighted by atomic mass is 10.1. The number of carbonyl (C=O) groups excluding carboxylic acids is 2. The zero-order valence-electron chi connectivity index (χ0n) is 15.7. The van der Waals surface area contributed by atoms with Gasteiger partial charge < -0.3 is 15.4 Å². The third kappa shape index (κ3) is 4.73. The molecule has 0 atom stereocenters. The van der Waals surface area contributed by atoms with Crippen molar-refractivity contribution in [3.8, 4) is 5.75 Å². The minimum absolute atomic E-state index is 0.0538. The Hall–Kier alpha value is -3.91. The van der Waals surface area contributed by atoms with Gasteiger partial charge in [-0.3, -0.25) is 19.7 Å². The number of hydrogen-bond acceptors (Lipinski definition) is 5. The standard InChI is InChI=1S/C21H16ClN3O5/c1-30-19-10-7-14(11-18(19)25(28)29)21(27)23-15-8-9-17(16(22)12-15)24-20(26)13-5-3-2-4-6-13/h2-12H,1H3,(H,23,27)(H,24,26). The molecule has 9 heteroatoms. The summed E-state index contributed by atoms with van der Waals surface area (Å²) in [5.74, 6) is -0.823.